The molecule has 2 aliphatic heterocycles. The second kappa shape index (κ2) is 9.71. The fourth-order valence-electron chi connectivity index (χ4n) is 4.00. The van der Waals surface area contributed by atoms with E-state index in [-0.39, 0.29) is 23.8 Å². The molecular weight excluding hydrogens is 378 g/mol. The lowest BCUT2D eigenvalue weighted by Gasteiger charge is -2.36. The number of nitrogens with one attached hydrogen (secondary N) is 1. The summed E-state index contributed by atoms with van der Waals surface area (Å²) >= 11 is 0. The van der Waals surface area contributed by atoms with Gasteiger partial charge in [-0.05, 0) is 70.0 Å². The van der Waals surface area contributed by atoms with Crippen molar-refractivity contribution in [2.24, 2.45) is 0 Å². The van der Waals surface area contributed by atoms with Gasteiger partial charge in [0.15, 0.2) is 0 Å². The summed E-state index contributed by atoms with van der Waals surface area (Å²) in [5.41, 5.74) is 0. The zero-order valence-electron chi connectivity index (χ0n) is 16.6. The molecule has 0 bridgehead atoms. The molecule has 8 heteroatoms. The van der Waals surface area contributed by atoms with E-state index in [9.17, 15) is 13.2 Å². The van der Waals surface area contributed by atoms with E-state index >= 15 is 0 Å². The minimum atomic E-state index is -3.62. The van der Waals surface area contributed by atoms with Crippen LogP contribution in [0.15, 0.2) is 29.2 Å². The number of carbonyl (C=O) groups is 1. The van der Waals surface area contributed by atoms with Crippen molar-refractivity contribution in [1.82, 2.24) is 14.5 Å². The quantitative estimate of drug-likeness (QED) is 0.709. The van der Waals surface area contributed by atoms with Crippen molar-refractivity contribution < 1.29 is 17.9 Å². The van der Waals surface area contributed by atoms with Gasteiger partial charge in [-0.2, -0.15) is 0 Å². The van der Waals surface area contributed by atoms with Crippen LogP contribution in [-0.4, -0.2) is 69.5 Å². The molecule has 2 aliphatic rings. The Balaban J connectivity index is 1.42. The second-order valence-electron chi connectivity index (χ2n) is 7.41. The van der Waals surface area contributed by atoms with Gasteiger partial charge in [0.05, 0.1) is 11.5 Å². The van der Waals surface area contributed by atoms with E-state index in [0.717, 1.165) is 25.9 Å². The highest BCUT2D eigenvalue weighted by Gasteiger charge is 2.28. The summed E-state index contributed by atoms with van der Waals surface area (Å²) in [7, 11) is -3.62. The fourth-order valence-corrected chi connectivity index (χ4v) is 5.03. The van der Waals surface area contributed by atoms with E-state index in [1.165, 1.54) is 38.1 Å². The average molecular weight is 410 g/mol. The molecule has 7 nitrogen and oxygen atoms in total. The van der Waals surface area contributed by atoms with Crippen LogP contribution in [0.25, 0.3) is 0 Å². The van der Waals surface area contributed by atoms with Crippen molar-refractivity contribution in [3.63, 3.8) is 0 Å². The Bertz CT molecular complexity index is 737. The highest BCUT2D eigenvalue weighted by molar-refractivity contribution is 7.89. The van der Waals surface area contributed by atoms with Crippen LogP contribution in [0, 0.1) is 0 Å². The predicted octanol–water partition coefficient (Wildman–Crippen LogP) is 1.84. The first-order valence-electron chi connectivity index (χ1n) is 10.2. The molecule has 0 aliphatic carbocycles. The molecule has 156 valence electrons. The molecule has 1 amide bonds. The van der Waals surface area contributed by atoms with Gasteiger partial charge in [0.1, 0.15) is 5.75 Å². The van der Waals surface area contributed by atoms with Gasteiger partial charge in [-0.25, -0.2) is 13.1 Å². The van der Waals surface area contributed by atoms with E-state index in [1.54, 1.807) is 12.1 Å². The third-order valence-electron chi connectivity index (χ3n) is 5.55. The highest BCUT2D eigenvalue weighted by atomic mass is 32.2. The highest BCUT2D eigenvalue weighted by Crippen LogP contribution is 2.21. The van der Waals surface area contributed by atoms with Crippen molar-refractivity contribution >= 4 is 15.9 Å². The maximum absolute atomic E-state index is 12.4. The molecule has 0 spiro atoms. The molecule has 0 saturated carbocycles. The van der Waals surface area contributed by atoms with E-state index in [2.05, 4.69) is 9.62 Å². The standard InChI is InChI=1S/C20H31N3O4S/c1-2-27-18-5-7-19(8-6-18)28(25,26)21-12-9-20(24)23-15-10-17(11-16-23)22-13-3-4-14-22/h5-8,17,21H,2-4,9-16H2,1H3. The molecule has 1 aromatic carbocycles. The molecule has 0 aromatic heterocycles. The van der Waals surface area contributed by atoms with E-state index in [1.807, 2.05) is 11.8 Å². The minimum Gasteiger partial charge on any atom is -0.494 e. The molecule has 2 fully saturated rings. The maximum Gasteiger partial charge on any atom is 0.240 e. The Labute approximate surface area is 168 Å². The Morgan fingerprint density at radius 1 is 1.11 bits per heavy atom. The number of carbonyl (C=O) groups excluding carboxylic acids is 1. The molecule has 28 heavy (non-hydrogen) atoms. The van der Waals surface area contributed by atoms with Crippen LogP contribution in [-0.2, 0) is 14.8 Å². The van der Waals surface area contributed by atoms with Gasteiger partial charge in [-0.15, -0.1) is 0 Å². The third kappa shape index (κ3) is 5.46. The Kier molecular flexibility index (Phi) is 7.31. The summed E-state index contributed by atoms with van der Waals surface area (Å²) < 4.78 is 32.6. The van der Waals surface area contributed by atoms with Gasteiger partial charge in [0, 0.05) is 32.1 Å². The first-order valence-corrected chi connectivity index (χ1v) is 11.7. The van der Waals surface area contributed by atoms with Crippen LogP contribution in [0.4, 0.5) is 0 Å². The summed E-state index contributed by atoms with van der Waals surface area (Å²) in [5, 5.41) is 0. The maximum atomic E-state index is 12.4. The average Bonchev–Trinajstić information content (AvgIpc) is 3.23. The summed E-state index contributed by atoms with van der Waals surface area (Å²) in [6.45, 7) is 6.43. The SMILES string of the molecule is CCOc1ccc(S(=O)(=O)NCCC(=O)N2CCC(N3CCCC3)CC2)cc1. The fraction of sp³-hybridized carbons (Fsp3) is 0.650. The first kappa shape index (κ1) is 21.1. The molecule has 0 unspecified atom stereocenters. The van der Waals surface area contributed by atoms with Gasteiger partial charge >= 0.3 is 0 Å². The third-order valence-corrected chi connectivity index (χ3v) is 7.03. The molecule has 0 atom stereocenters. The molecular formula is C20H31N3O4S. The van der Waals surface area contributed by atoms with E-state index < -0.39 is 10.0 Å². The summed E-state index contributed by atoms with van der Waals surface area (Å²) in [4.78, 5) is 17.0. The van der Waals surface area contributed by atoms with E-state index in [4.69, 9.17) is 4.74 Å². The lowest BCUT2D eigenvalue weighted by Crippen LogP contribution is -2.46. The monoisotopic (exact) mass is 409 g/mol. The number of nitrogens with zero attached hydrogens (tertiary/aromatic N) is 2. The van der Waals surface area contributed by atoms with Gasteiger partial charge in [-0.1, -0.05) is 0 Å². The van der Waals surface area contributed by atoms with Crippen LogP contribution in [0.3, 0.4) is 0 Å². The van der Waals surface area contributed by atoms with Crippen LogP contribution in [0.1, 0.15) is 39.0 Å². The van der Waals surface area contributed by atoms with Crippen molar-refractivity contribution in [1.29, 1.82) is 0 Å². The van der Waals surface area contributed by atoms with E-state index in [0.29, 0.717) is 18.4 Å². The van der Waals surface area contributed by atoms with Crippen LogP contribution < -0.4 is 9.46 Å². The number of likely N-dealkylation sites (tertiary alicyclic amines) is 2. The van der Waals surface area contributed by atoms with Crippen molar-refractivity contribution in [2.75, 3.05) is 39.3 Å². The molecule has 1 N–H and O–H groups in total. The molecule has 1 aromatic rings. The zero-order valence-corrected chi connectivity index (χ0v) is 17.4. The number of hydrogen-bond acceptors (Lipinski definition) is 5. The summed E-state index contributed by atoms with van der Waals surface area (Å²) in [5.74, 6) is 0.656. The molecule has 3 rings (SSSR count). The largest absolute Gasteiger partial charge is 0.494 e. The number of piperidine rings is 1. The number of ether oxygens (including phenoxy) is 1. The lowest BCUT2D eigenvalue weighted by atomic mass is 10.0. The van der Waals surface area contributed by atoms with Crippen molar-refractivity contribution in [2.45, 2.75) is 50.0 Å². The number of sulfonamides is 1. The molecule has 2 heterocycles. The van der Waals surface area contributed by atoms with Crippen LogP contribution in [0.5, 0.6) is 5.75 Å². The minimum absolute atomic E-state index is 0.0225. The zero-order chi connectivity index (χ0) is 20.0. The van der Waals surface area contributed by atoms with Gasteiger partial charge < -0.3 is 14.5 Å². The number of benzene rings is 1. The van der Waals surface area contributed by atoms with Crippen LogP contribution in [0.2, 0.25) is 0 Å². The van der Waals surface area contributed by atoms with Crippen molar-refractivity contribution in [3.05, 3.63) is 24.3 Å². The Morgan fingerprint density at radius 3 is 2.36 bits per heavy atom. The summed E-state index contributed by atoms with van der Waals surface area (Å²) in [6, 6.07) is 6.89. The Morgan fingerprint density at radius 2 is 1.75 bits per heavy atom. The normalized spacial score (nSPS) is 19.1. The number of rotatable bonds is 8. The number of hydrogen-bond donors (Lipinski definition) is 1. The smallest absolute Gasteiger partial charge is 0.240 e. The second-order valence-corrected chi connectivity index (χ2v) is 9.17. The topological polar surface area (TPSA) is 78.9 Å². The van der Waals surface area contributed by atoms with Gasteiger partial charge in [-0.3, -0.25) is 4.79 Å². The molecule has 2 saturated heterocycles. The lowest BCUT2D eigenvalue weighted by molar-refractivity contribution is -0.132. The van der Waals surface area contributed by atoms with Crippen molar-refractivity contribution in [3.8, 4) is 5.75 Å². The summed E-state index contributed by atoms with van der Waals surface area (Å²) in [6.07, 6.45) is 4.79. The first-order chi connectivity index (χ1) is 13.5. The molecule has 0 radical (unpaired) electrons. The Hall–Kier alpha value is -1.64. The van der Waals surface area contributed by atoms with Gasteiger partial charge in [0.25, 0.3) is 0 Å². The number of amides is 1. The predicted molar refractivity (Wildman–Crippen MR) is 108 cm³/mol. The van der Waals surface area contributed by atoms with Gasteiger partial charge in [0.2, 0.25) is 15.9 Å². The van der Waals surface area contributed by atoms with Crippen LogP contribution >= 0.6 is 0 Å².